The lowest BCUT2D eigenvalue weighted by Gasteiger charge is -2.12. The summed E-state index contributed by atoms with van der Waals surface area (Å²) < 4.78 is 1.16. The number of amides is 1. The second kappa shape index (κ2) is 6.18. The molecule has 1 rings (SSSR count). The van der Waals surface area contributed by atoms with Crippen LogP contribution >= 0.6 is 0 Å². The van der Waals surface area contributed by atoms with Crippen molar-refractivity contribution in [3.8, 4) is 0 Å². The van der Waals surface area contributed by atoms with Crippen LogP contribution in [0.15, 0.2) is 17.1 Å². The SMILES string of the molecule is CC(C)CNc1cnn(CC(=O)N(C)C)c(=O)c1. The minimum absolute atomic E-state index is 0.0315. The third-order valence-corrected chi connectivity index (χ3v) is 2.37. The Bertz CT molecular complexity index is 465. The molecule has 0 aliphatic rings. The molecule has 1 aromatic heterocycles. The Balaban J connectivity index is 2.74. The molecule has 18 heavy (non-hydrogen) atoms. The van der Waals surface area contributed by atoms with E-state index < -0.39 is 0 Å². The van der Waals surface area contributed by atoms with Crippen molar-refractivity contribution in [1.82, 2.24) is 14.7 Å². The van der Waals surface area contributed by atoms with Gasteiger partial charge < -0.3 is 10.2 Å². The van der Waals surface area contributed by atoms with Gasteiger partial charge in [-0.05, 0) is 5.92 Å². The van der Waals surface area contributed by atoms with Gasteiger partial charge in [0.05, 0.1) is 11.9 Å². The Kier molecular flexibility index (Phi) is 4.88. The maximum absolute atomic E-state index is 11.7. The molecule has 0 aliphatic heterocycles. The van der Waals surface area contributed by atoms with E-state index in [1.165, 1.54) is 11.0 Å². The molecule has 0 fully saturated rings. The van der Waals surface area contributed by atoms with Crippen LogP contribution in [-0.2, 0) is 11.3 Å². The summed E-state index contributed by atoms with van der Waals surface area (Å²) in [5.41, 5.74) is 0.404. The van der Waals surface area contributed by atoms with E-state index in [1.807, 2.05) is 0 Å². The molecule has 6 heteroatoms. The van der Waals surface area contributed by atoms with Crippen LogP contribution in [0, 0.1) is 5.92 Å². The van der Waals surface area contributed by atoms with E-state index in [-0.39, 0.29) is 18.0 Å². The van der Waals surface area contributed by atoms with Gasteiger partial charge in [-0.25, -0.2) is 4.68 Å². The van der Waals surface area contributed by atoms with Gasteiger partial charge in [0, 0.05) is 26.7 Å². The lowest BCUT2D eigenvalue weighted by molar-refractivity contribution is -0.129. The number of aromatic nitrogens is 2. The Morgan fingerprint density at radius 1 is 1.50 bits per heavy atom. The fourth-order valence-electron chi connectivity index (χ4n) is 1.24. The van der Waals surface area contributed by atoms with Crippen LogP contribution < -0.4 is 10.9 Å². The highest BCUT2D eigenvalue weighted by atomic mass is 16.2. The minimum atomic E-state index is -0.279. The number of hydrogen-bond acceptors (Lipinski definition) is 4. The molecule has 100 valence electrons. The topological polar surface area (TPSA) is 67.2 Å². The van der Waals surface area contributed by atoms with E-state index in [1.54, 1.807) is 20.3 Å². The van der Waals surface area contributed by atoms with Crippen LogP contribution in [0.2, 0.25) is 0 Å². The molecule has 0 atom stereocenters. The maximum atomic E-state index is 11.7. The second-order valence-electron chi connectivity index (χ2n) is 4.80. The number of likely N-dealkylation sites (N-methyl/N-ethyl adjacent to an activating group) is 1. The Labute approximate surface area is 107 Å². The third kappa shape index (κ3) is 4.20. The monoisotopic (exact) mass is 252 g/mol. The summed E-state index contributed by atoms with van der Waals surface area (Å²) in [4.78, 5) is 24.6. The van der Waals surface area contributed by atoms with E-state index in [9.17, 15) is 9.59 Å². The van der Waals surface area contributed by atoms with Crippen LogP contribution in [0.1, 0.15) is 13.8 Å². The first kappa shape index (κ1) is 14.2. The summed E-state index contributed by atoms with van der Waals surface area (Å²) in [7, 11) is 3.29. The van der Waals surface area contributed by atoms with Crippen LogP contribution in [0.5, 0.6) is 0 Å². The number of hydrogen-bond donors (Lipinski definition) is 1. The van der Waals surface area contributed by atoms with Crippen LogP contribution in [0.25, 0.3) is 0 Å². The summed E-state index contributed by atoms with van der Waals surface area (Å²) in [5, 5.41) is 7.09. The molecule has 0 saturated heterocycles. The average Bonchev–Trinajstić information content (AvgIpc) is 2.29. The molecule has 0 saturated carbocycles. The smallest absolute Gasteiger partial charge is 0.269 e. The molecule has 1 N–H and O–H groups in total. The molecule has 1 amide bonds. The van der Waals surface area contributed by atoms with E-state index in [4.69, 9.17) is 0 Å². The summed E-state index contributed by atoms with van der Waals surface area (Å²) in [5.74, 6) is 0.329. The molecule has 0 aliphatic carbocycles. The van der Waals surface area contributed by atoms with Crippen molar-refractivity contribution in [3.63, 3.8) is 0 Å². The first-order chi connectivity index (χ1) is 8.40. The van der Waals surface area contributed by atoms with Gasteiger partial charge in [-0.3, -0.25) is 9.59 Å². The number of nitrogens with one attached hydrogen (secondary N) is 1. The zero-order chi connectivity index (χ0) is 13.7. The van der Waals surface area contributed by atoms with E-state index in [2.05, 4.69) is 24.3 Å². The standard InChI is InChI=1S/C12H20N4O2/c1-9(2)6-13-10-5-11(17)16(14-7-10)8-12(18)15(3)4/h5,7,9,13H,6,8H2,1-4H3. The molecule has 0 radical (unpaired) electrons. The van der Waals surface area contributed by atoms with Gasteiger partial charge in [-0.15, -0.1) is 0 Å². The zero-order valence-electron chi connectivity index (χ0n) is 11.3. The van der Waals surface area contributed by atoms with Gasteiger partial charge in [0.1, 0.15) is 6.54 Å². The highest BCUT2D eigenvalue weighted by Gasteiger charge is 2.08. The van der Waals surface area contributed by atoms with E-state index in [0.29, 0.717) is 11.6 Å². The molecule has 0 aromatic carbocycles. The number of nitrogens with zero attached hydrogens (tertiary/aromatic N) is 3. The summed E-state index contributed by atoms with van der Waals surface area (Å²) >= 11 is 0. The van der Waals surface area contributed by atoms with Crippen LogP contribution in [0.3, 0.4) is 0 Å². The van der Waals surface area contributed by atoms with Gasteiger partial charge in [0.15, 0.2) is 0 Å². The van der Waals surface area contributed by atoms with Crippen molar-refractivity contribution in [1.29, 1.82) is 0 Å². The molecule has 0 unspecified atom stereocenters. The lowest BCUT2D eigenvalue weighted by atomic mass is 10.2. The minimum Gasteiger partial charge on any atom is -0.383 e. The number of anilines is 1. The highest BCUT2D eigenvalue weighted by molar-refractivity contribution is 5.75. The fourth-order valence-corrected chi connectivity index (χ4v) is 1.24. The first-order valence-corrected chi connectivity index (χ1v) is 5.91. The van der Waals surface area contributed by atoms with Crippen molar-refractivity contribution in [2.24, 2.45) is 5.92 Å². The second-order valence-corrected chi connectivity index (χ2v) is 4.80. The molecular weight excluding hydrogens is 232 g/mol. The van der Waals surface area contributed by atoms with Gasteiger partial charge >= 0.3 is 0 Å². The molecule has 0 bridgehead atoms. The number of carbonyl (C=O) groups is 1. The summed E-state index contributed by atoms with van der Waals surface area (Å²) in [6, 6.07) is 1.46. The van der Waals surface area contributed by atoms with E-state index >= 15 is 0 Å². The molecule has 0 spiro atoms. The van der Waals surface area contributed by atoms with Gasteiger partial charge in [-0.2, -0.15) is 5.10 Å². The molecule has 6 nitrogen and oxygen atoms in total. The Morgan fingerprint density at radius 2 is 2.17 bits per heavy atom. The summed E-state index contributed by atoms with van der Waals surface area (Å²) in [6.45, 7) is 4.91. The molecular formula is C12H20N4O2. The van der Waals surface area contributed by atoms with Crippen molar-refractivity contribution in [2.45, 2.75) is 20.4 Å². The molecule has 1 heterocycles. The number of rotatable bonds is 5. The Morgan fingerprint density at radius 3 is 2.67 bits per heavy atom. The average molecular weight is 252 g/mol. The van der Waals surface area contributed by atoms with Crippen molar-refractivity contribution in [2.75, 3.05) is 26.0 Å². The lowest BCUT2D eigenvalue weighted by Crippen LogP contribution is -2.32. The largest absolute Gasteiger partial charge is 0.383 e. The van der Waals surface area contributed by atoms with Gasteiger partial charge in [-0.1, -0.05) is 13.8 Å². The summed E-state index contributed by atoms with van der Waals surface area (Å²) in [6.07, 6.45) is 1.56. The van der Waals surface area contributed by atoms with Crippen molar-refractivity contribution >= 4 is 11.6 Å². The van der Waals surface area contributed by atoms with Gasteiger partial charge in [0.25, 0.3) is 5.56 Å². The molecule has 1 aromatic rings. The van der Waals surface area contributed by atoms with Crippen molar-refractivity contribution in [3.05, 3.63) is 22.6 Å². The van der Waals surface area contributed by atoms with Crippen LogP contribution in [-0.4, -0.2) is 41.2 Å². The fraction of sp³-hybridized carbons (Fsp3) is 0.583. The zero-order valence-corrected chi connectivity index (χ0v) is 11.3. The highest BCUT2D eigenvalue weighted by Crippen LogP contribution is 2.01. The van der Waals surface area contributed by atoms with Crippen LogP contribution in [0.4, 0.5) is 5.69 Å². The first-order valence-electron chi connectivity index (χ1n) is 5.91. The predicted molar refractivity (Wildman–Crippen MR) is 70.5 cm³/mol. The number of carbonyl (C=O) groups excluding carboxylic acids is 1. The quantitative estimate of drug-likeness (QED) is 0.823. The predicted octanol–water partition coefficient (Wildman–Crippen LogP) is 0.399. The third-order valence-electron chi connectivity index (χ3n) is 2.37. The normalized spacial score (nSPS) is 10.5. The van der Waals surface area contributed by atoms with Gasteiger partial charge in [0.2, 0.25) is 5.91 Å². The Hall–Kier alpha value is -1.85. The van der Waals surface area contributed by atoms with Crippen molar-refractivity contribution < 1.29 is 4.79 Å². The maximum Gasteiger partial charge on any atom is 0.269 e. The van der Waals surface area contributed by atoms with E-state index in [0.717, 1.165) is 11.2 Å².